The molecule has 0 saturated heterocycles. The van der Waals surface area contributed by atoms with Crippen LogP contribution in [0.4, 0.5) is 0 Å². The Morgan fingerprint density at radius 1 is 1.17 bits per heavy atom. The van der Waals surface area contributed by atoms with E-state index in [1.54, 1.807) is 20.8 Å². The van der Waals surface area contributed by atoms with Crippen molar-refractivity contribution in [2.75, 3.05) is 12.4 Å². The zero-order valence-corrected chi connectivity index (χ0v) is 12.6. The predicted molar refractivity (Wildman–Crippen MR) is 74.3 cm³/mol. The SMILES string of the molecule is CC(C)(C)S(=O)(=O)CCOC1CCCCCC1N. The molecule has 2 unspecified atom stereocenters. The summed E-state index contributed by atoms with van der Waals surface area (Å²) >= 11 is 0. The van der Waals surface area contributed by atoms with Gasteiger partial charge in [-0.3, -0.25) is 0 Å². The van der Waals surface area contributed by atoms with Crippen molar-refractivity contribution in [3.8, 4) is 0 Å². The monoisotopic (exact) mass is 277 g/mol. The third-order valence-electron chi connectivity index (χ3n) is 3.62. The largest absolute Gasteiger partial charge is 0.376 e. The van der Waals surface area contributed by atoms with Crippen LogP contribution in [-0.2, 0) is 14.6 Å². The maximum Gasteiger partial charge on any atom is 0.157 e. The van der Waals surface area contributed by atoms with Gasteiger partial charge < -0.3 is 10.5 Å². The minimum atomic E-state index is -3.09. The predicted octanol–water partition coefficient (Wildman–Crippen LogP) is 1.88. The average molecular weight is 277 g/mol. The van der Waals surface area contributed by atoms with Gasteiger partial charge >= 0.3 is 0 Å². The van der Waals surface area contributed by atoms with E-state index in [0.717, 1.165) is 25.7 Å². The molecule has 0 aliphatic heterocycles. The van der Waals surface area contributed by atoms with Crippen LogP contribution in [-0.4, -0.2) is 37.7 Å². The minimum Gasteiger partial charge on any atom is -0.376 e. The molecule has 0 spiro atoms. The van der Waals surface area contributed by atoms with Crippen molar-refractivity contribution in [1.82, 2.24) is 0 Å². The molecule has 5 heteroatoms. The van der Waals surface area contributed by atoms with E-state index in [1.165, 1.54) is 6.42 Å². The highest BCUT2D eigenvalue weighted by molar-refractivity contribution is 7.92. The van der Waals surface area contributed by atoms with Crippen LogP contribution in [0.5, 0.6) is 0 Å². The summed E-state index contributed by atoms with van der Waals surface area (Å²) in [5, 5.41) is 0. The van der Waals surface area contributed by atoms with Crippen molar-refractivity contribution in [2.45, 2.75) is 69.8 Å². The van der Waals surface area contributed by atoms with Crippen molar-refractivity contribution in [3.05, 3.63) is 0 Å². The van der Waals surface area contributed by atoms with Gasteiger partial charge in [0.15, 0.2) is 9.84 Å². The fourth-order valence-corrected chi connectivity index (χ4v) is 3.05. The van der Waals surface area contributed by atoms with E-state index in [4.69, 9.17) is 10.5 Å². The van der Waals surface area contributed by atoms with E-state index in [2.05, 4.69) is 0 Å². The highest BCUT2D eigenvalue weighted by atomic mass is 32.2. The van der Waals surface area contributed by atoms with Gasteiger partial charge in [-0.2, -0.15) is 0 Å². The normalized spacial score (nSPS) is 26.9. The van der Waals surface area contributed by atoms with Gasteiger partial charge in [-0.05, 0) is 33.6 Å². The standard InChI is InChI=1S/C13H27NO3S/c1-13(2,3)18(15,16)10-9-17-12-8-6-4-5-7-11(12)14/h11-12H,4-10,14H2,1-3H3. The first-order valence-corrected chi connectivity index (χ1v) is 8.49. The van der Waals surface area contributed by atoms with Crippen LogP contribution < -0.4 is 5.73 Å². The molecule has 0 heterocycles. The van der Waals surface area contributed by atoms with Crippen molar-refractivity contribution < 1.29 is 13.2 Å². The quantitative estimate of drug-likeness (QED) is 0.797. The third-order valence-corrected chi connectivity index (χ3v) is 6.19. The van der Waals surface area contributed by atoms with Crippen LogP contribution in [0.3, 0.4) is 0 Å². The summed E-state index contributed by atoms with van der Waals surface area (Å²) in [5.74, 6) is 0.0831. The van der Waals surface area contributed by atoms with Crippen LogP contribution >= 0.6 is 0 Å². The molecule has 0 radical (unpaired) electrons. The molecule has 0 bridgehead atoms. The second kappa shape index (κ2) is 6.35. The summed E-state index contributed by atoms with van der Waals surface area (Å²) in [6.45, 7) is 5.43. The van der Waals surface area contributed by atoms with Crippen molar-refractivity contribution >= 4 is 9.84 Å². The molecule has 1 aliphatic carbocycles. The van der Waals surface area contributed by atoms with Crippen molar-refractivity contribution in [3.63, 3.8) is 0 Å². The van der Waals surface area contributed by atoms with E-state index in [1.807, 2.05) is 0 Å². The highest BCUT2D eigenvalue weighted by Gasteiger charge is 2.29. The number of rotatable bonds is 4. The van der Waals surface area contributed by atoms with Crippen LogP contribution in [0.1, 0.15) is 52.9 Å². The molecule has 0 aromatic rings. The zero-order valence-electron chi connectivity index (χ0n) is 11.8. The first-order valence-electron chi connectivity index (χ1n) is 6.83. The molecule has 108 valence electrons. The fourth-order valence-electron chi connectivity index (χ4n) is 2.12. The summed E-state index contributed by atoms with van der Waals surface area (Å²) in [6.07, 6.45) is 5.45. The summed E-state index contributed by atoms with van der Waals surface area (Å²) in [5.41, 5.74) is 6.04. The molecule has 0 aromatic carbocycles. The summed E-state index contributed by atoms with van der Waals surface area (Å²) < 4.78 is 28.9. The zero-order chi connectivity index (χ0) is 13.8. The number of hydrogen-bond acceptors (Lipinski definition) is 4. The summed E-state index contributed by atoms with van der Waals surface area (Å²) in [4.78, 5) is 0. The lowest BCUT2D eigenvalue weighted by molar-refractivity contribution is 0.0408. The average Bonchev–Trinajstić information content (AvgIpc) is 2.42. The van der Waals surface area contributed by atoms with Gasteiger partial charge in [0, 0.05) is 6.04 Å². The molecule has 1 rings (SSSR count). The third kappa shape index (κ3) is 4.52. The maximum atomic E-state index is 11.9. The van der Waals surface area contributed by atoms with Gasteiger partial charge in [0.05, 0.1) is 23.2 Å². The van der Waals surface area contributed by atoms with E-state index >= 15 is 0 Å². The highest BCUT2D eigenvalue weighted by Crippen LogP contribution is 2.20. The molecule has 1 aliphatic rings. The Hall–Kier alpha value is -0.130. The maximum absolute atomic E-state index is 11.9. The Morgan fingerprint density at radius 3 is 2.39 bits per heavy atom. The Kier molecular flexibility index (Phi) is 5.62. The topological polar surface area (TPSA) is 69.4 Å². The first-order chi connectivity index (χ1) is 8.24. The Bertz CT molecular complexity index is 346. The molecule has 0 amide bonds. The number of ether oxygens (including phenoxy) is 1. The van der Waals surface area contributed by atoms with Gasteiger partial charge in [-0.1, -0.05) is 19.3 Å². The Balaban J connectivity index is 2.41. The fraction of sp³-hybridized carbons (Fsp3) is 1.00. The van der Waals surface area contributed by atoms with E-state index in [0.29, 0.717) is 0 Å². The molecule has 4 nitrogen and oxygen atoms in total. The summed E-state index contributed by atoms with van der Waals surface area (Å²) in [7, 11) is -3.09. The second-order valence-electron chi connectivity index (χ2n) is 6.14. The van der Waals surface area contributed by atoms with Gasteiger partial charge in [-0.25, -0.2) is 8.42 Å². The van der Waals surface area contributed by atoms with Gasteiger partial charge in [-0.15, -0.1) is 0 Å². The van der Waals surface area contributed by atoms with Crippen LogP contribution in [0.2, 0.25) is 0 Å². The molecule has 2 atom stereocenters. The number of hydrogen-bond donors (Lipinski definition) is 1. The van der Waals surface area contributed by atoms with Gasteiger partial charge in [0.1, 0.15) is 0 Å². The lowest BCUT2D eigenvalue weighted by Crippen LogP contribution is -2.38. The van der Waals surface area contributed by atoms with Gasteiger partial charge in [0.25, 0.3) is 0 Å². The number of sulfone groups is 1. The summed E-state index contributed by atoms with van der Waals surface area (Å²) in [6, 6.07) is 0.0600. The van der Waals surface area contributed by atoms with E-state index in [9.17, 15) is 8.42 Å². The van der Waals surface area contributed by atoms with E-state index < -0.39 is 14.6 Å². The van der Waals surface area contributed by atoms with Crippen molar-refractivity contribution in [1.29, 1.82) is 0 Å². The van der Waals surface area contributed by atoms with Gasteiger partial charge in [0.2, 0.25) is 0 Å². The molecule has 2 N–H and O–H groups in total. The molecular weight excluding hydrogens is 250 g/mol. The van der Waals surface area contributed by atoms with Crippen molar-refractivity contribution in [2.24, 2.45) is 5.73 Å². The van der Waals surface area contributed by atoms with Crippen LogP contribution in [0.25, 0.3) is 0 Å². The smallest absolute Gasteiger partial charge is 0.157 e. The lowest BCUT2D eigenvalue weighted by atomic mass is 10.1. The number of nitrogens with two attached hydrogens (primary N) is 1. The first kappa shape index (κ1) is 15.9. The molecule has 1 fully saturated rings. The second-order valence-corrected chi connectivity index (χ2v) is 9.00. The molecule has 0 aromatic heterocycles. The van der Waals surface area contributed by atoms with Crippen LogP contribution in [0, 0.1) is 0 Å². The van der Waals surface area contributed by atoms with E-state index in [-0.39, 0.29) is 24.5 Å². The Labute approximate surface area is 111 Å². The molecule has 18 heavy (non-hydrogen) atoms. The lowest BCUT2D eigenvalue weighted by Gasteiger charge is -2.23. The minimum absolute atomic E-state index is 0.0302. The van der Waals surface area contributed by atoms with Crippen LogP contribution in [0.15, 0.2) is 0 Å². The molecular formula is C13H27NO3S. The molecule has 1 saturated carbocycles. The Morgan fingerprint density at radius 2 is 1.78 bits per heavy atom.